The van der Waals surface area contributed by atoms with E-state index < -0.39 is 17.4 Å². The summed E-state index contributed by atoms with van der Waals surface area (Å²) in [6.07, 6.45) is 0. The standard InChI is InChI=1S/C14H28N2O5/c1-11(12(17)18)15-13(19)14(2,3)10-16(6-8-20-4)7-9-21-5/h11H,6-10H2,1-5H3,(H,15,19)(H,17,18). The van der Waals surface area contributed by atoms with Gasteiger partial charge in [0, 0.05) is 33.9 Å². The molecule has 0 bridgehead atoms. The van der Waals surface area contributed by atoms with Gasteiger partial charge in [-0.2, -0.15) is 0 Å². The molecule has 0 aromatic rings. The van der Waals surface area contributed by atoms with Gasteiger partial charge in [0.25, 0.3) is 0 Å². The lowest BCUT2D eigenvalue weighted by molar-refractivity contribution is -0.143. The highest BCUT2D eigenvalue weighted by Gasteiger charge is 2.31. The quantitative estimate of drug-likeness (QED) is 0.567. The summed E-state index contributed by atoms with van der Waals surface area (Å²) in [5, 5.41) is 11.4. The first kappa shape index (κ1) is 19.8. The normalized spacial score (nSPS) is 13.2. The molecule has 0 fully saturated rings. The van der Waals surface area contributed by atoms with Gasteiger partial charge in [-0.1, -0.05) is 0 Å². The predicted octanol–water partition coefficient (Wildman–Crippen LogP) is 0.197. The molecule has 0 saturated carbocycles. The van der Waals surface area contributed by atoms with Gasteiger partial charge in [0.2, 0.25) is 5.91 Å². The molecule has 0 spiro atoms. The Morgan fingerprint density at radius 3 is 2.05 bits per heavy atom. The molecule has 2 N–H and O–H groups in total. The molecule has 1 unspecified atom stereocenters. The Morgan fingerprint density at radius 2 is 1.67 bits per heavy atom. The Morgan fingerprint density at radius 1 is 1.19 bits per heavy atom. The monoisotopic (exact) mass is 304 g/mol. The minimum Gasteiger partial charge on any atom is -0.480 e. The van der Waals surface area contributed by atoms with Crippen LogP contribution in [0, 0.1) is 5.41 Å². The number of aliphatic carboxylic acids is 1. The molecule has 0 aromatic heterocycles. The molecule has 124 valence electrons. The molecule has 1 amide bonds. The van der Waals surface area contributed by atoms with Gasteiger partial charge in [0.15, 0.2) is 0 Å². The summed E-state index contributed by atoms with van der Waals surface area (Å²) in [6, 6.07) is -0.900. The van der Waals surface area contributed by atoms with Gasteiger partial charge in [0.05, 0.1) is 18.6 Å². The second-order valence-electron chi connectivity index (χ2n) is 5.68. The lowest BCUT2D eigenvalue weighted by Crippen LogP contribution is -2.50. The van der Waals surface area contributed by atoms with Crippen LogP contribution in [0.5, 0.6) is 0 Å². The number of amides is 1. The third kappa shape index (κ3) is 7.99. The van der Waals surface area contributed by atoms with Gasteiger partial charge in [-0.25, -0.2) is 0 Å². The fourth-order valence-corrected chi connectivity index (χ4v) is 1.80. The number of nitrogens with one attached hydrogen (secondary N) is 1. The van der Waals surface area contributed by atoms with Gasteiger partial charge in [-0.05, 0) is 20.8 Å². The van der Waals surface area contributed by atoms with E-state index in [4.69, 9.17) is 14.6 Å². The van der Waals surface area contributed by atoms with E-state index in [1.165, 1.54) is 6.92 Å². The van der Waals surface area contributed by atoms with Gasteiger partial charge in [0.1, 0.15) is 6.04 Å². The average Bonchev–Trinajstić information content (AvgIpc) is 2.41. The third-order valence-electron chi connectivity index (χ3n) is 3.17. The van der Waals surface area contributed by atoms with Gasteiger partial charge in [-0.3, -0.25) is 14.5 Å². The molecular weight excluding hydrogens is 276 g/mol. The molecule has 1 atom stereocenters. The van der Waals surface area contributed by atoms with E-state index >= 15 is 0 Å². The Kier molecular flexibility index (Phi) is 9.16. The Hall–Kier alpha value is -1.18. The SMILES string of the molecule is COCCN(CCOC)CC(C)(C)C(=O)NC(C)C(=O)O. The molecule has 0 aromatic carbocycles. The van der Waals surface area contributed by atoms with E-state index in [0.29, 0.717) is 32.8 Å². The number of carboxylic acid groups (broad SMARTS) is 1. The van der Waals surface area contributed by atoms with Gasteiger partial charge in [-0.15, -0.1) is 0 Å². The summed E-state index contributed by atoms with van der Waals surface area (Å²) in [5.41, 5.74) is -0.703. The first-order valence-corrected chi connectivity index (χ1v) is 6.98. The minimum atomic E-state index is -1.05. The van der Waals surface area contributed by atoms with Crippen LogP contribution in [-0.2, 0) is 19.1 Å². The van der Waals surface area contributed by atoms with Gasteiger partial charge >= 0.3 is 5.97 Å². The highest BCUT2D eigenvalue weighted by molar-refractivity contribution is 5.86. The van der Waals surface area contributed by atoms with Crippen LogP contribution in [0.15, 0.2) is 0 Å². The number of hydrogen-bond acceptors (Lipinski definition) is 5. The number of carbonyl (C=O) groups is 2. The molecule has 0 heterocycles. The summed E-state index contributed by atoms with van der Waals surface area (Å²) < 4.78 is 10.1. The van der Waals surface area contributed by atoms with Crippen molar-refractivity contribution in [2.24, 2.45) is 5.41 Å². The summed E-state index contributed by atoms with van der Waals surface area (Å²) in [4.78, 5) is 25.1. The van der Waals surface area contributed by atoms with E-state index in [0.717, 1.165) is 0 Å². The molecule has 0 saturated heterocycles. The summed E-state index contributed by atoms with van der Waals surface area (Å²) in [7, 11) is 3.25. The molecule has 21 heavy (non-hydrogen) atoms. The van der Waals surface area contributed by atoms with E-state index in [9.17, 15) is 9.59 Å². The molecule has 0 rings (SSSR count). The average molecular weight is 304 g/mol. The van der Waals surface area contributed by atoms with Crippen molar-refractivity contribution in [1.29, 1.82) is 0 Å². The zero-order valence-electron chi connectivity index (χ0n) is 13.6. The molecular formula is C14H28N2O5. The van der Waals surface area contributed by atoms with Crippen LogP contribution >= 0.6 is 0 Å². The fourth-order valence-electron chi connectivity index (χ4n) is 1.80. The number of methoxy groups -OCH3 is 2. The summed E-state index contributed by atoms with van der Waals surface area (Å²) in [6.45, 7) is 8.03. The lowest BCUT2D eigenvalue weighted by atomic mass is 9.91. The first-order chi connectivity index (χ1) is 9.74. The minimum absolute atomic E-state index is 0.280. The van der Waals surface area contributed by atoms with E-state index in [-0.39, 0.29) is 5.91 Å². The number of rotatable bonds is 11. The second kappa shape index (κ2) is 9.70. The molecule has 0 aliphatic carbocycles. The van der Waals surface area contributed by atoms with E-state index in [1.807, 2.05) is 0 Å². The van der Waals surface area contributed by atoms with Gasteiger partial charge < -0.3 is 19.9 Å². The molecule has 7 nitrogen and oxygen atoms in total. The maximum atomic E-state index is 12.2. The third-order valence-corrected chi connectivity index (χ3v) is 3.17. The van der Waals surface area contributed by atoms with Crippen molar-refractivity contribution < 1.29 is 24.2 Å². The van der Waals surface area contributed by atoms with Crippen LogP contribution in [0.1, 0.15) is 20.8 Å². The lowest BCUT2D eigenvalue weighted by Gasteiger charge is -2.32. The smallest absolute Gasteiger partial charge is 0.325 e. The fraction of sp³-hybridized carbons (Fsp3) is 0.857. The zero-order valence-corrected chi connectivity index (χ0v) is 13.6. The number of ether oxygens (including phenoxy) is 2. The Balaban J connectivity index is 4.61. The topological polar surface area (TPSA) is 88.1 Å². The van der Waals surface area contributed by atoms with Crippen LogP contribution in [-0.4, -0.2) is 75.0 Å². The second-order valence-corrected chi connectivity index (χ2v) is 5.68. The molecule has 7 heteroatoms. The van der Waals surface area contributed by atoms with Crippen LogP contribution in [0.3, 0.4) is 0 Å². The van der Waals surface area contributed by atoms with Crippen LogP contribution in [0.2, 0.25) is 0 Å². The van der Waals surface area contributed by atoms with Crippen molar-refractivity contribution in [1.82, 2.24) is 10.2 Å². The number of carboxylic acids is 1. The molecule has 0 aliphatic rings. The maximum absolute atomic E-state index is 12.2. The van der Waals surface area contributed by atoms with E-state index in [1.54, 1.807) is 28.1 Å². The predicted molar refractivity (Wildman–Crippen MR) is 79.2 cm³/mol. The van der Waals surface area contributed by atoms with Crippen molar-refractivity contribution >= 4 is 11.9 Å². The summed E-state index contributed by atoms with van der Waals surface area (Å²) >= 11 is 0. The number of hydrogen-bond donors (Lipinski definition) is 2. The van der Waals surface area contributed by atoms with Crippen molar-refractivity contribution in [3.63, 3.8) is 0 Å². The largest absolute Gasteiger partial charge is 0.480 e. The number of nitrogens with zero attached hydrogens (tertiary/aromatic N) is 1. The summed E-state index contributed by atoms with van der Waals surface area (Å²) in [5.74, 6) is -1.33. The molecule has 0 aliphatic heterocycles. The van der Waals surface area contributed by atoms with Crippen molar-refractivity contribution in [2.45, 2.75) is 26.8 Å². The van der Waals surface area contributed by atoms with E-state index in [2.05, 4.69) is 10.2 Å². The van der Waals surface area contributed by atoms with Crippen LogP contribution < -0.4 is 5.32 Å². The zero-order chi connectivity index (χ0) is 16.5. The van der Waals surface area contributed by atoms with Crippen LogP contribution in [0.25, 0.3) is 0 Å². The van der Waals surface area contributed by atoms with Crippen molar-refractivity contribution in [2.75, 3.05) is 47.1 Å². The Bertz CT molecular complexity index is 325. The Labute approximate surface area is 126 Å². The van der Waals surface area contributed by atoms with Crippen LogP contribution in [0.4, 0.5) is 0 Å². The highest BCUT2D eigenvalue weighted by atomic mass is 16.5. The highest BCUT2D eigenvalue weighted by Crippen LogP contribution is 2.17. The number of carbonyl (C=O) groups excluding carboxylic acids is 1. The van der Waals surface area contributed by atoms with Crippen molar-refractivity contribution in [3.05, 3.63) is 0 Å². The molecule has 0 radical (unpaired) electrons. The first-order valence-electron chi connectivity index (χ1n) is 6.98. The van der Waals surface area contributed by atoms with Crippen molar-refractivity contribution in [3.8, 4) is 0 Å². The maximum Gasteiger partial charge on any atom is 0.325 e.